The van der Waals surface area contributed by atoms with Crippen LogP contribution in [0.1, 0.15) is 57.2 Å². The lowest BCUT2D eigenvalue weighted by atomic mass is 10.0. The van der Waals surface area contributed by atoms with Gasteiger partial charge in [0.1, 0.15) is 0 Å². The molecule has 0 saturated carbocycles. The second kappa shape index (κ2) is 8.94. The second-order valence-corrected chi connectivity index (χ2v) is 7.77. The molecule has 1 aliphatic rings. The lowest BCUT2D eigenvalue weighted by Gasteiger charge is -2.07. The molecule has 0 radical (unpaired) electrons. The Morgan fingerprint density at radius 2 is 1.96 bits per heavy atom. The highest BCUT2D eigenvalue weighted by Crippen LogP contribution is 2.27. The average molecular weight is 372 g/mol. The van der Waals surface area contributed by atoms with E-state index in [0.29, 0.717) is 24.9 Å². The maximum absolute atomic E-state index is 12.0. The van der Waals surface area contributed by atoms with Crippen molar-refractivity contribution in [2.75, 3.05) is 6.54 Å². The van der Waals surface area contributed by atoms with E-state index in [1.165, 1.54) is 34.8 Å². The fourth-order valence-corrected chi connectivity index (χ4v) is 4.46. The third-order valence-electron chi connectivity index (χ3n) is 4.65. The van der Waals surface area contributed by atoms with Crippen LogP contribution < -0.4 is 5.32 Å². The highest BCUT2D eigenvalue weighted by atomic mass is 32.1. The van der Waals surface area contributed by atoms with Crippen molar-refractivity contribution < 1.29 is 14.7 Å². The molecule has 5 nitrogen and oxygen atoms in total. The number of carbonyl (C=O) groups excluding carboxylic acids is 1. The van der Waals surface area contributed by atoms with Gasteiger partial charge in [-0.2, -0.15) is 0 Å². The fourth-order valence-electron chi connectivity index (χ4n) is 3.26. The summed E-state index contributed by atoms with van der Waals surface area (Å²) in [7, 11) is 0. The van der Waals surface area contributed by atoms with Crippen molar-refractivity contribution in [3.8, 4) is 0 Å². The summed E-state index contributed by atoms with van der Waals surface area (Å²) in [5.74, 6) is -0.990. The van der Waals surface area contributed by atoms with Crippen molar-refractivity contribution in [1.82, 2.24) is 10.3 Å². The highest BCUT2D eigenvalue weighted by molar-refractivity contribution is 7.11. The summed E-state index contributed by atoms with van der Waals surface area (Å²) >= 11 is 1.83. The van der Waals surface area contributed by atoms with Crippen LogP contribution in [0.25, 0.3) is 0 Å². The van der Waals surface area contributed by atoms with E-state index in [1.54, 1.807) is 24.3 Å². The summed E-state index contributed by atoms with van der Waals surface area (Å²) < 4.78 is 0. The first-order chi connectivity index (χ1) is 12.6. The minimum atomic E-state index is -0.952. The standard InChI is InChI=1S/C20H24N2O3S/c23-18(12-11-14-6-1-2-7-15(14)20(24)25)21-13-5-10-19-22-16-8-3-4-9-17(16)26-19/h1-2,6-7H,3-5,8-13H2,(H,21,23)(H,24,25). The quantitative estimate of drug-likeness (QED) is 0.696. The normalized spacial score (nSPS) is 13.2. The summed E-state index contributed by atoms with van der Waals surface area (Å²) in [6.07, 6.45) is 7.32. The van der Waals surface area contributed by atoms with Gasteiger partial charge in [0, 0.05) is 24.3 Å². The van der Waals surface area contributed by atoms with Crippen LogP contribution >= 0.6 is 11.3 Å². The molecular formula is C20H24N2O3S. The van der Waals surface area contributed by atoms with Crippen molar-refractivity contribution in [3.05, 3.63) is 51.0 Å². The van der Waals surface area contributed by atoms with E-state index >= 15 is 0 Å². The second-order valence-electron chi connectivity index (χ2n) is 6.60. The molecule has 0 unspecified atom stereocenters. The van der Waals surface area contributed by atoms with Crippen molar-refractivity contribution in [3.63, 3.8) is 0 Å². The molecule has 0 saturated heterocycles. The zero-order valence-corrected chi connectivity index (χ0v) is 15.6. The van der Waals surface area contributed by atoms with Gasteiger partial charge in [-0.3, -0.25) is 4.79 Å². The molecule has 0 fully saturated rings. The molecule has 2 N–H and O–H groups in total. The van der Waals surface area contributed by atoms with E-state index in [4.69, 9.17) is 10.1 Å². The van der Waals surface area contributed by atoms with Gasteiger partial charge in [0.2, 0.25) is 5.91 Å². The van der Waals surface area contributed by atoms with Crippen LogP contribution in [0.5, 0.6) is 0 Å². The predicted octanol–water partition coefficient (Wildman–Crippen LogP) is 3.40. The Kier molecular flexibility index (Phi) is 6.39. The Morgan fingerprint density at radius 3 is 2.77 bits per heavy atom. The Balaban J connectivity index is 1.38. The van der Waals surface area contributed by atoms with Gasteiger partial charge in [-0.15, -0.1) is 11.3 Å². The number of hydrogen-bond acceptors (Lipinski definition) is 4. The molecule has 1 aromatic heterocycles. The number of carboxylic acid groups (broad SMARTS) is 1. The number of aromatic carboxylic acids is 1. The van der Waals surface area contributed by atoms with Crippen LogP contribution in [-0.2, 0) is 30.5 Å². The van der Waals surface area contributed by atoms with E-state index in [9.17, 15) is 9.59 Å². The number of aromatic nitrogens is 1. The summed E-state index contributed by atoms with van der Waals surface area (Å²) in [6.45, 7) is 0.629. The maximum atomic E-state index is 12.0. The third kappa shape index (κ3) is 4.91. The smallest absolute Gasteiger partial charge is 0.335 e. The molecule has 0 bridgehead atoms. The largest absolute Gasteiger partial charge is 0.478 e. The van der Waals surface area contributed by atoms with E-state index in [0.717, 1.165) is 19.3 Å². The monoisotopic (exact) mass is 372 g/mol. The maximum Gasteiger partial charge on any atom is 0.335 e. The number of nitrogens with zero attached hydrogens (tertiary/aromatic N) is 1. The summed E-state index contributed by atoms with van der Waals surface area (Å²) in [5, 5.41) is 13.3. The zero-order valence-electron chi connectivity index (χ0n) is 14.8. The average Bonchev–Trinajstić information content (AvgIpc) is 3.06. The minimum Gasteiger partial charge on any atom is -0.478 e. The minimum absolute atomic E-state index is 0.0383. The van der Waals surface area contributed by atoms with Gasteiger partial charge in [0.15, 0.2) is 0 Å². The number of aryl methyl sites for hydroxylation is 4. The predicted molar refractivity (Wildman–Crippen MR) is 102 cm³/mol. The molecule has 0 atom stereocenters. The first-order valence-electron chi connectivity index (χ1n) is 9.19. The van der Waals surface area contributed by atoms with Crippen molar-refractivity contribution >= 4 is 23.2 Å². The number of amides is 1. The number of fused-ring (bicyclic) bond motifs is 1. The van der Waals surface area contributed by atoms with Crippen molar-refractivity contribution in [1.29, 1.82) is 0 Å². The first-order valence-corrected chi connectivity index (χ1v) is 10.0. The van der Waals surface area contributed by atoms with Crippen LogP contribution in [0.15, 0.2) is 24.3 Å². The third-order valence-corrected chi connectivity index (χ3v) is 5.87. The van der Waals surface area contributed by atoms with E-state index in [-0.39, 0.29) is 11.5 Å². The summed E-state index contributed by atoms with van der Waals surface area (Å²) in [5.41, 5.74) is 2.26. The molecule has 1 amide bonds. The fraction of sp³-hybridized carbons (Fsp3) is 0.450. The Morgan fingerprint density at radius 1 is 1.15 bits per heavy atom. The molecule has 138 valence electrons. The molecule has 6 heteroatoms. The molecule has 0 aliphatic heterocycles. The molecule has 0 spiro atoms. The van der Waals surface area contributed by atoms with Gasteiger partial charge in [0.25, 0.3) is 0 Å². The van der Waals surface area contributed by atoms with E-state index < -0.39 is 5.97 Å². The van der Waals surface area contributed by atoms with Gasteiger partial charge in [-0.05, 0) is 50.2 Å². The summed E-state index contributed by atoms with van der Waals surface area (Å²) in [6, 6.07) is 6.83. The van der Waals surface area contributed by atoms with Crippen LogP contribution in [0, 0.1) is 0 Å². The summed E-state index contributed by atoms with van der Waals surface area (Å²) in [4.78, 5) is 29.3. The Labute approximate surface area is 157 Å². The molecule has 26 heavy (non-hydrogen) atoms. The van der Waals surface area contributed by atoms with E-state index in [1.807, 2.05) is 11.3 Å². The Bertz CT molecular complexity index is 762. The van der Waals surface area contributed by atoms with Gasteiger partial charge >= 0.3 is 5.97 Å². The Hall–Kier alpha value is -2.21. The highest BCUT2D eigenvalue weighted by Gasteiger charge is 2.15. The molecule has 1 aliphatic carbocycles. The van der Waals surface area contributed by atoms with Crippen molar-refractivity contribution in [2.45, 2.75) is 51.4 Å². The molecule has 2 aromatic rings. The number of carboxylic acids is 1. The van der Waals surface area contributed by atoms with Crippen LogP contribution in [0.3, 0.4) is 0 Å². The first kappa shape index (κ1) is 18.6. The van der Waals surface area contributed by atoms with E-state index in [2.05, 4.69) is 5.32 Å². The van der Waals surface area contributed by atoms with Crippen LogP contribution in [-0.4, -0.2) is 28.5 Å². The van der Waals surface area contributed by atoms with Gasteiger partial charge in [-0.1, -0.05) is 18.2 Å². The topological polar surface area (TPSA) is 79.3 Å². The molecule has 1 heterocycles. The van der Waals surface area contributed by atoms with Gasteiger partial charge < -0.3 is 10.4 Å². The van der Waals surface area contributed by atoms with Crippen molar-refractivity contribution in [2.24, 2.45) is 0 Å². The molecular weight excluding hydrogens is 348 g/mol. The lowest BCUT2D eigenvalue weighted by Crippen LogP contribution is -2.25. The zero-order chi connectivity index (χ0) is 18.4. The van der Waals surface area contributed by atoms with Crippen LogP contribution in [0.2, 0.25) is 0 Å². The number of carbonyl (C=O) groups is 2. The number of hydrogen-bond donors (Lipinski definition) is 2. The SMILES string of the molecule is O=C(CCc1ccccc1C(=O)O)NCCCc1nc2c(s1)CCCC2. The lowest BCUT2D eigenvalue weighted by molar-refractivity contribution is -0.121. The molecule has 3 rings (SSSR count). The number of rotatable bonds is 8. The van der Waals surface area contributed by atoms with Crippen LogP contribution in [0.4, 0.5) is 0 Å². The van der Waals surface area contributed by atoms with Gasteiger partial charge in [0.05, 0.1) is 16.3 Å². The number of thiazole rings is 1. The number of nitrogens with one attached hydrogen (secondary N) is 1. The van der Waals surface area contributed by atoms with Gasteiger partial charge in [-0.25, -0.2) is 9.78 Å². The number of benzene rings is 1. The molecule has 1 aromatic carbocycles.